The molecule has 0 fully saturated rings. The number of hydrogen-bond donors (Lipinski definition) is 2. The molecule has 0 spiro atoms. The number of aryl methyl sites for hydroxylation is 2. The number of aromatic carboxylic acids is 1. The zero-order chi connectivity index (χ0) is 15.1. The molecule has 0 aliphatic heterocycles. The maximum atomic E-state index is 12.3. The van der Waals surface area contributed by atoms with E-state index in [1.165, 1.54) is 17.4 Å². The molecule has 2 aromatic rings. The van der Waals surface area contributed by atoms with Gasteiger partial charge in [-0.15, -0.1) is 22.7 Å². The molecule has 0 aromatic carbocycles. The van der Waals surface area contributed by atoms with Gasteiger partial charge in [0.2, 0.25) is 0 Å². The summed E-state index contributed by atoms with van der Waals surface area (Å²) in [6.45, 7) is 3.36. The van der Waals surface area contributed by atoms with Crippen LogP contribution in [0.1, 0.15) is 20.1 Å². The molecule has 0 bridgehead atoms. The average molecular weight is 396 g/mol. The Kier molecular flexibility index (Phi) is 4.24. The minimum Gasteiger partial charge on any atom is -0.477 e. The summed E-state index contributed by atoms with van der Waals surface area (Å²) in [5, 5.41) is 10.7. The summed E-state index contributed by atoms with van der Waals surface area (Å²) in [6.07, 6.45) is 0. The highest BCUT2D eigenvalue weighted by Gasteiger charge is 2.24. The predicted octanol–water partition coefficient (Wildman–Crippen LogP) is 3.69. The Morgan fingerprint density at radius 3 is 2.55 bits per heavy atom. The minimum absolute atomic E-state index is 0.0157. The Labute approximate surface area is 132 Å². The molecule has 0 saturated carbocycles. The van der Waals surface area contributed by atoms with E-state index in [2.05, 4.69) is 20.7 Å². The molecule has 0 unspecified atom stereocenters. The molecular weight excluding hydrogens is 386 g/mol. The second-order valence-electron chi connectivity index (χ2n) is 4.00. The normalized spacial score (nSPS) is 11.6. The first-order valence-electron chi connectivity index (χ1n) is 5.32. The fourth-order valence-electron chi connectivity index (χ4n) is 1.62. The molecular formula is C11H10BrNO4S3. The van der Waals surface area contributed by atoms with Crippen molar-refractivity contribution in [2.45, 2.75) is 18.7 Å². The monoisotopic (exact) mass is 395 g/mol. The molecule has 2 rings (SSSR count). The van der Waals surface area contributed by atoms with Crippen molar-refractivity contribution in [2.24, 2.45) is 0 Å². The van der Waals surface area contributed by atoms with Crippen molar-refractivity contribution < 1.29 is 18.3 Å². The zero-order valence-electron chi connectivity index (χ0n) is 10.4. The number of nitrogens with one attached hydrogen (secondary N) is 1. The van der Waals surface area contributed by atoms with Crippen LogP contribution < -0.4 is 4.72 Å². The van der Waals surface area contributed by atoms with Gasteiger partial charge in [0.15, 0.2) is 0 Å². The fourth-order valence-corrected chi connectivity index (χ4v) is 6.08. The lowest BCUT2D eigenvalue weighted by Crippen LogP contribution is -2.15. The number of hydrogen-bond acceptors (Lipinski definition) is 5. The van der Waals surface area contributed by atoms with Gasteiger partial charge in [0.25, 0.3) is 10.0 Å². The molecule has 108 valence electrons. The van der Waals surface area contributed by atoms with Crippen LogP contribution in [0.25, 0.3) is 0 Å². The molecule has 2 heterocycles. The Morgan fingerprint density at radius 1 is 1.40 bits per heavy atom. The number of anilines is 1. The first kappa shape index (κ1) is 15.5. The van der Waals surface area contributed by atoms with E-state index in [-0.39, 0.29) is 15.5 Å². The molecule has 2 N–H and O–H groups in total. The number of rotatable bonds is 4. The summed E-state index contributed by atoms with van der Waals surface area (Å²) < 4.78 is 27.8. The maximum absolute atomic E-state index is 12.3. The van der Waals surface area contributed by atoms with Crippen LogP contribution in [0, 0.1) is 13.8 Å². The van der Waals surface area contributed by atoms with Crippen molar-refractivity contribution >= 4 is 60.3 Å². The van der Waals surface area contributed by atoms with Gasteiger partial charge in [-0.05, 0) is 46.8 Å². The first-order valence-corrected chi connectivity index (χ1v) is 9.29. The lowest BCUT2D eigenvalue weighted by molar-refractivity contribution is 0.0703. The van der Waals surface area contributed by atoms with Crippen LogP contribution in [0.3, 0.4) is 0 Å². The number of carbonyl (C=O) groups is 1. The molecule has 2 aromatic heterocycles. The fraction of sp³-hybridized carbons (Fsp3) is 0.182. The average Bonchev–Trinajstić information content (AvgIpc) is 2.83. The van der Waals surface area contributed by atoms with Crippen molar-refractivity contribution in [1.82, 2.24) is 0 Å². The number of thiophene rings is 2. The van der Waals surface area contributed by atoms with Gasteiger partial charge in [0.1, 0.15) is 9.77 Å². The van der Waals surface area contributed by atoms with Gasteiger partial charge in [-0.3, -0.25) is 4.72 Å². The van der Waals surface area contributed by atoms with Gasteiger partial charge >= 0.3 is 5.97 Å². The largest absolute Gasteiger partial charge is 0.477 e. The van der Waals surface area contributed by atoms with Gasteiger partial charge in [0.05, 0.1) is 9.47 Å². The number of sulfonamides is 1. The van der Waals surface area contributed by atoms with Gasteiger partial charge < -0.3 is 5.11 Å². The molecule has 0 atom stereocenters. The van der Waals surface area contributed by atoms with Crippen molar-refractivity contribution in [2.75, 3.05) is 4.72 Å². The Morgan fingerprint density at radius 2 is 2.05 bits per heavy atom. The molecule has 9 heteroatoms. The second kappa shape index (κ2) is 5.47. The summed E-state index contributed by atoms with van der Waals surface area (Å²) in [7, 11) is -3.80. The summed E-state index contributed by atoms with van der Waals surface area (Å²) in [5.74, 6) is -1.15. The van der Waals surface area contributed by atoms with Gasteiger partial charge in [-0.25, -0.2) is 13.2 Å². The Balaban J connectivity index is 2.46. The summed E-state index contributed by atoms with van der Waals surface area (Å²) in [5.41, 5.74) is 0.715. The van der Waals surface area contributed by atoms with E-state index in [9.17, 15) is 13.2 Å². The lowest BCUT2D eigenvalue weighted by Gasteiger charge is -2.08. The third kappa shape index (κ3) is 2.90. The van der Waals surface area contributed by atoms with Gasteiger partial charge in [-0.2, -0.15) is 0 Å². The minimum atomic E-state index is -3.80. The smallest absolute Gasteiger partial charge is 0.348 e. The second-order valence-corrected chi connectivity index (χ2v) is 9.17. The third-order valence-electron chi connectivity index (χ3n) is 2.54. The Hall–Kier alpha value is -0.900. The summed E-state index contributed by atoms with van der Waals surface area (Å²) in [6, 6.07) is 1.50. The van der Waals surface area contributed by atoms with Crippen LogP contribution in [-0.4, -0.2) is 19.5 Å². The SMILES string of the molecule is Cc1csc(C(=O)O)c1NS(=O)(=O)c1cc(Br)sc1C. The summed E-state index contributed by atoms with van der Waals surface area (Å²) >= 11 is 5.54. The Bertz CT molecular complexity index is 776. The third-order valence-corrected chi connectivity index (χ3v) is 6.78. The number of carboxylic acids is 1. The quantitative estimate of drug-likeness (QED) is 0.826. The van der Waals surface area contributed by atoms with E-state index in [1.54, 1.807) is 19.2 Å². The van der Waals surface area contributed by atoms with Crippen LogP contribution in [0.2, 0.25) is 0 Å². The van der Waals surface area contributed by atoms with E-state index >= 15 is 0 Å². The molecule has 0 saturated heterocycles. The van der Waals surface area contributed by atoms with Gasteiger partial charge in [0, 0.05) is 4.88 Å². The lowest BCUT2D eigenvalue weighted by atomic mass is 10.3. The van der Waals surface area contributed by atoms with E-state index in [1.807, 2.05) is 0 Å². The van der Waals surface area contributed by atoms with Crippen molar-refractivity contribution in [3.63, 3.8) is 0 Å². The van der Waals surface area contributed by atoms with E-state index in [4.69, 9.17) is 5.11 Å². The molecule has 0 aliphatic carbocycles. The van der Waals surface area contributed by atoms with Crippen LogP contribution in [0.15, 0.2) is 20.1 Å². The molecule has 0 radical (unpaired) electrons. The van der Waals surface area contributed by atoms with Crippen LogP contribution >= 0.6 is 38.6 Å². The van der Waals surface area contributed by atoms with E-state index < -0.39 is 16.0 Å². The van der Waals surface area contributed by atoms with Crippen LogP contribution in [-0.2, 0) is 10.0 Å². The van der Waals surface area contributed by atoms with E-state index in [0.29, 0.717) is 14.2 Å². The maximum Gasteiger partial charge on any atom is 0.348 e. The topological polar surface area (TPSA) is 83.5 Å². The highest BCUT2D eigenvalue weighted by Crippen LogP contribution is 2.33. The van der Waals surface area contributed by atoms with Gasteiger partial charge in [-0.1, -0.05) is 0 Å². The predicted molar refractivity (Wildman–Crippen MR) is 83.6 cm³/mol. The standard InChI is InChI=1S/C11H10BrNO4S3/c1-5-4-18-10(11(14)15)9(5)13-20(16,17)7-3-8(12)19-6(7)2/h3-4,13H,1-2H3,(H,14,15). The number of carboxylic acid groups (broad SMARTS) is 1. The number of halogens is 1. The van der Waals surface area contributed by atoms with Crippen molar-refractivity contribution in [3.8, 4) is 0 Å². The molecule has 20 heavy (non-hydrogen) atoms. The molecule has 0 aliphatic rings. The van der Waals surface area contributed by atoms with Crippen molar-refractivity contribution in [3.05, 3.63) is 30.6 Å². The van der Waals surface area contributed by atoms with Crippen molar-refractivity contribution in [1.29, 1.82) is 0 Å². The molecule has 0 amide bonds. The van der Waals surface area contributed by atoms with E-state index in [0.717, 1.165) is 11.3 Å². The summed E-state index contributed by atoms with van der Waals surface area (Å²) in [4.78, 5) is 11.9. The van der Waals surface area contributed by atoms with Crippen LogP contribution in [0.4, 0.5) is 5.69 Å². The highest BCUT2D eigenvalue weighted by atomic mass is 79.9. The zero-order valence-corrected chi connectivity index (χ0v) is 14.5. The first-order chi connectivity index (χ1) is 9.22. The molecule has 5 nitrogen and oxygen atoms in total. The highest BCUT2D eigenvalue weighted by molar-refractivity contribution is 9.11. The van der Waals surface area contributed by atoms with Crippen LogP contribution in [0.5, 0.6) is 0 Å².